The predicted octanol–water partition coefficient (Wildman–Crippen LogP) is -0.213. The van der Waals surface area contributed by atoms with E-state index < -0.39 is 23.6 Å². The quantitative estimate of drug-likeness (QED) is 0.537. The van der Waals surface area contributed by atoms with E-state index in [1.54, 1.807) is 4.90 Å². The predicted molar refractivity (Wildman–Crippen MR) is 102 cm³/mol. The minimum Gasteiger partial charge on any atom is -0.467 e. The van der Waals surface area contributed by atoms with Crippen molar-refractivity contribution < 1.29 is 23.9 Å². The van der Waals surface area contributed by atoms with Crippen LogP contribution in [0.5, 0.6) is 0 Å². The SMILES string of the molecule is COC(=O)[C@H]1Cc2ccccc2CN1C(=O)CN1CCC[C@@]2(C1)NC(=O)NC2=O. The Bertz CT molecular complexity index is 872. The molecule has 2 saturated heterocycles. The molecule has 0 radical (unpaired) electrons. The molecular weight excluding hydrogens is 376 g/mol. The van der Waals surface area contributed by atoms with Crippen molar-refractivity contribution in [3.8, 4) is 0 Å². The van der Waals surface area contributed by atoms with Crippen LogP contribution in [0.1, 0.15) is 24.0 Å². The van der Waals surface area contributed by atoms with Gasteiger partial charge in [0.15, 0.2) is 0 Å². The van der Waals surface area contributed by atoms with E-state index in [2.05, 4.69) is 10.6 Å². The fourth-order valence-corrected chi connectivity index (χ4v) is 4.51. The van der Waals surface area contributed by atoms with E-state index in [4.69, 9.17) is 4.74 Å². The van der Waals surface area contributed by atoms with Crippen molar-refractivity contribution in [3.05, 3.63) is 35.4 Å². The Balaban J connectivity index is 1.50. The molecule has 1 spiro atoms. The number of nitrogens with zero attached hydrogens (tertiary/aromatic N) is 2. The highest BCUT2D eigenvalue weighted by Crippen LogP contribution is 2.27. The van der Waals surface area contributed by atoms with Crippen molar-refractivity contribution >= 4 is 23.8 Å². The lowest BCUT2D eigenvalue weighted by molar-refractivity contribution is -0.154. The molecule has 3 heterocycles. The van der Waals surface area contributed by atoms with Crippen molar-refractivity contribution in [2.45, 2.75) is 37.4 Å². The molecule has 2 atom stereocenters. The zero-order valence-electron chi connectivity index (χ0n) is 16.3. The summed E-state index contributed by atoms with van der Waals surface area (Å²) < 4.78 is 4.93. The van der Waals surface area contributed by atoms with Crippen molar-refractivity contribution in [1.29, 1.82) is 0 Å². The van der Waals surface area contributed by atoms with Crippen LogP contribution in [-0.4, -0.2) is 71.9 Å². The molecule has 0 aliphatic carbocycles. The molecule has 1 aromatic rings. The first-order valence-electron chi connectivity index (χ1n) is 9.72. The number of ether oxygens (including phenoxy) is 1. The number of imide groups is 1. The van der Waals surface area contributed by atoms with Crippen LogP contribution in [0.15, 0.2) is 24.3 Å². The molecule has 2 N–H and O–H groups in total. The van der Waals surface area contributed by atoms with Crippen LogP contribution in [0.3, 0.4) is 0 Å². The number of nitrogens with one attached hydrogen (secondary N) is 2. The van der Waals surface area contributed by atoms with E-state index in [9.17, 15) is 19.2 Å². The molecule has 4 amide bonds. The average Bonchev–Trinajstić information content (AvgIpc) is 2.98. The van der Waals surface area contributed by atoms with Gasteiger partial charge in [0.2, 0.25) is 5.91 Å². The normalized spacial score (nSPS) is 26.7. The Kier molecular flexibility index (Phi) is 4.99. The first-order valence-corrected chi connectivity index (χ1v) is 9.72. The number of hydrogen-bond donors (Lipinski definition) is 2. The van der Waals surface area contributed by atoms with Gasteiger partial charge in [0.1, 0.15) is 11.6 Å². The lowest BCUT2D eigenvalue weighted by Gasteiger charge is -2.40. The summed E-state index contributed by atoms with van der Waals surface area (Å²) in [6, 6.07) is 6.58. The Morgan fingerprint density at radius 1 is 1.24 bits per heavy atom. The van der Waals surface area contributed by atoms with Gasteiger partial charge in [0, 0.05) is 19.5 Å². The van der Waals surface area contributed by atoms with Gasteiger partial charge in [0.25, 0.3) is 5.91 Å². The highest BCUT2D eigenvalue weighted by molar-refractivity contribution is 6.07. The van der Waals surface area contributed by atoms with Crippen LogP contribution < -0.4 is 10.6 Å². The second-order valence-electron chi connectivity index (χ2n) is 7.84. The summed E-state index contributed by atoms with van der Waals surface area (Å²) in [4.78, 5) is 52.7. The Morgan fingerprint density at radius 2 is 2.00 bits per heavy atom. The number of benzene rings is 1. The van der Waals surface area contributed by atoms with Crippen LogP contribution in [-0.2, 0) is 32.1 Å². The Morgan fingerprint density at radius 3 is 2.69 bits per heavy atom. The number of fused-ring (bicyclic) bond motifs is 1. The lowest BCUT2D eigenvalue weighted by atomic mass is 9.89. The van der Waals surface area contributed by atoms with Crippen LogP contribution in [0.4, 0.5) is 4.79 Å². The lowest BCUT2D eigenvalue weighted by Crippen LogP contribution is -2.60. The van der Waals surface area contributed by atoms with E-state index in [0.717, 1.165) is 11.1 Å². The van der Waals surface area contributed by atoms with Crippen LogP contribution in [0.25, 0.3) is 0 Å². The Hall–Kier alpha value is -2.94. The van der Waals surface area contributed by atoms with Crippen molar-refractivity contribution in [1.82, 2.24) is 20.4 Å². The molecule has 4 rings (SSSR count). The molecular formula is C20H24N4O5. The third kappa shape index (κ3) is 3.57. The first-order chi connectivity index (χ1) is 13.9. The van der Waals surface area contributed by atoms with E-state index in [-0.39, 0.29) is 24.9 Å². The highest BCUT2D eigenvalue weighted by Gasteiger charge is 2.49. The van der Waals surface area contributed by atoms with Gasteiger partial charge in [-0.25, -0.2) is 9.59 Å². The number of esters is 1. The van der Waals surface area contributed by atoms with Gasteiger partial charge in [-0.1, -0.05) is 24.3 Å². The number of amides is 4. The van der Waals surface area contributed by atoms with Gasteiger partial charge >= 0.3 is 12.0 Å². The summed E-state index contributed by atoms with van der Waals surface area (Å²) in [5.41, 5.74) is 1.07. The average molecular weight is 400 g/mol. The molecule has 9 nitrogen and oxygen atoms in total. The van der Waals surface area contributed by atoms with Crippen molar-refractivity contribution in [3.63, 3.8) is 0 Å². The van der Waals surface area contributed by atoms with Crippen molar-refractivity contribution in [2.24, 2.45) is 0 Å². The maximum absolute atomic E-state index is 13.1. The fraction of sp³-hybridized carbons (Fsp3) is 0.500. The fourth-order valence-electron chi connectivity index (χ4n) is 4.51. The van der Waals surface area contributed by atoms with Gasteiger partial charge in [-0.2, -0.15) is 0 Å². The largest absolute Gasteiger partial charge is 0.467 e. The summed E-state index contributed by atoms with van der Waals surface area (Å²) in [5.74, 6) is -0.985. The van der Waals surface area contributed by atoms with E-state index in [0.29, 0.717) is 32.4 Å². The molecule has 9 heteroatoms. The van der Waals surface area contributed by atoms with E-state index >= 15 is 0 Å². The zero-order valence-corrected chi connectivity index (χ0v) is 16.3. The monoisotopic (exact) mass is 400 g/mol. The topological polar surface area (TPSA) is 108 Å². The molecule has 0 saturated carbocycles. The van der Waals surface area contributed by atoms with Crippen LogP contribution in [0.2, 0.25) is 0 Å². The molecule has 29 heavy (non-hydrogen) atoms. The number of carbonyl (C=O) groups excluding carboxylic acids is 4. The highest BCUT2D eigenvalue weighted by atomic mass is 16.5. The van der Waals surface area contributed by atoms with Gasteiger partial charge in [-0.3, -0.25) is 19.8 Å². The molecule has 0 aromatic heterocycles. The third-order valence-electron chi connectivity index (χ3n) is 5.99. The van der Waals surface area contributed by atoms with E-state index in [1.165, 1.54) is 7.11 Å². The third-order valence-corrected chi connectivity index (χ3v) is 5.99. The molecule has 3 aliphatic rings. The smallest absolute Gasteiger partial charge is 0.328 e. The van der Waals surface area contributed by atoms with Gasteiger partial charge in [-0.05, 0) is 30.5 Å². The van der Waals surface area contributed by atoms with Crippen LogP contribution in [0, 0.1) is 0 Å². The maximum Gasteiger partial charge on any atom is 0.328 e. The summed E-state index contributed by atoms with van der Waals surface area (Å²) >= 11 is 0. The van der Waals surface area contributed by atoms with Crippen LogP contribution >= 0.6 is 0 Å². The molecule has 0 bridgehead atoms. The molecule has 2 fully saturated rings. The number of piperidine rings is 1. The second kappa shape index (κ2) is 7.47. The zero-order chi connectivity index (χ0) is 20.6. The number of urea groups is 1. The number of carbonyl (C=O) groups is 4. The van der Waals surface area contributed by atoms with Gasteiger partial charge in [0.05, 0.1) is 13.7 Å². The van der Waals surface area contributed by atoms with Gasteiger partial charge in [-0.15, -0.1) is 0 Å². The van der Waals surface area contributed by atoms with E-state index in [1.807, 2.05) is 29.2 Å². The van der Waals surface area contributed by atoms with Gasteiger partial charge < -0.3 is 15.0 Å². The molecule has 3 aliphatic heterocycles. The number of methoxy groups -OCH3 is 1. The summed E-state index contributed by atoms with van der Waals surface area (Å²) in [5, 5.41) is 4.99. The Labute approximate surface area is 168 Å². The first kappa shape index (κ1) is 19.4. The summed E-state index contributed by atoms with van der Waals surface area (Å²) in [7, 11) is 1.32. The number of rotatable bonds is 3. The molecule has 1 aromatic carbocycles. The second-order valence-corrected chi connectivity index (χ2v) is 7.84. The van der Waals surface area contributed by atoms with Crippen molar-refractivity contribution in [2.75, 3.05) is 26.7 Å². The molecule has 154 valence electrons. The summed E-state index contributed by atoms with van der Waals surface area (Å²) in [6.45, 7) is 1.32. The standard InChI is InChI=1S/C20H24N4O5/c1-29-17(26)15-9-13-5-2-3-6-14(13)10-24(15)16(25)11-23-8-4-7-20(12-23)18(27)21-19(28)22-20/h2-3,5-6,15H,4,7-12H2,1H3,(H2,21,22,27,28)/t15-,20+/m1/s1. The molecule has 0 unspecified atom stereocenters. The minimum atomic E-state index is -0.980. The summed E-state index contributed by atoms with van der Waals surface area (Å²) in [6.07, 6.45) is 1.64. The number of hydrogen-bond acceptors (Lipinski definition) is 6. The maximum atomic E-state index is 13.1. The minimum absolute atomic E-state index is 0.0700. The number of likely N-dealkylation sites (tertiary alicyclic amines) is 1.